The Kier molecular flexibility index (Phi) is 6.82. The minimum absolute atomic E-state index is 0.0424. The van der Waals surface area contributed by atoms with E-state index < -0.39 is 20.2 Å². The normalized spacial score (nSPS) is 20.6. The number of benzene rings is 1. The van der Waals surface area contributed by atoms with Gasteiger partial charge in [0.15, 0.2) is 28.8 Å². The Hall–Kier alpha value is -3.60. The van der Waals surface area contributed by atoms with Gasteiger partial charge in [-0.15, -0.1) is 4.52 Å². The van der Waals surface area contributed by atoms with Crippen LogP contribution in [-0.2, 0) is 13.9 Å². The number of imidazole rings is 1. The molecule has 0 radical (unpaired) electrons. The van der Waals surface area contributed by atoms with Crippen LogP contribution in [0.25, 0.3) is 11.2 Å². The second kappa shape index (κ2) is 10.2. The lowest BCUT2D eigenvalue weighted by Gasteiger charge is -2.15. The largest absolute Gasteiger partial charge is 0.653 e. The smallest absolute Gasteiger partial charge is 0.480 e. The first-order valence-corrected chi connectivity index (χ1v) is 12.8. The Labute approximate surface area is 208 Å². The van der Waals surface area contributed by atoms with Gasteiger partial charge in [-0.3, -0.25) is 4.79 Å². The highest BCUT2D eigenvalue weighted by Gasteiger charge is 2.43. The first-order valence-electron chi connectivity index (χ1n) is 11.7. The summed E-state index contributed by atoms with van der Waals surface area (Å²) >= 11 is 0. The van der Waals surface area contributed by atoms with Crippen molar-refractivity contribution >= 4 is 37.1 Å². The average molecular weight is 512 g/mol. The number of anilines is 2. The van der Waals surface area contributed by atoms with Gasteiger partial charge in [-0.2, -0.15) is 9.97 Å². The van der Waals surface area contributed by atoms with Crippen molar-refractivity contribution in [1.82, 2.24) is 24.4 Å². The number of hydrogen-bond acceptors (Lipinski definition) is 9. The van der Waals surface area contributed by atoms with Gasteiger partial charge in [0.1, 0.15) is 11.4 Å². The van der Waals surface area contributed by atoms with E-state index >= 15 is 0 Å². The van der Waals surface area contributed by atoms with Crippen LogP contribution in [0.1, 0.15) is 32.2 Å². The number of rotatable bonds is 11. The number of carboxylic acids is 1. The molecule has 2 aromatic heterocycles. The molecule has 13 heteroatoms. The van der Waals surface area contributed by atoms with E-state index in [1.54, 1.807) is 36.7 Å². The highest BCUT2D eigenvalue weighted by atomic mass is 31.1. The molecule has 1 fully saturated rings. The Morgan fingerprint density at radius 3 is 2.81 bits per heavy atom. The number of nitrogen functional groups attached to an aromatic ring is 1. The molecule has 3 unspecified atom stereocenters. The van der Waals surface area contributed by atoms with E-state index in [4.69, 9.17) is 15.1 Å². The van der Waals surface area contributed by atoms with Gasteiger partial charge in [-0.1, -0.05) is 30.4 Å². The van der Waals surface area contributed by atoms with Crippen molar-refractivity contribution in [3.8, 4) is 5.75 Å². The first-order chi connectivity index (χ1) is 17.4. The highest BCUT2D eigenvalue weighted by Crippen LogP contribution is 2.37. The molecular formula is C23H27N7O5P+. The molecule has 4 N–H and O–H groups in total. The maximum absolute atomic E-state index is 12.9. The van der Waals surface area contributed by atoms with Crippen molar-refractivity contribution in [2.45, 2.75) is 44.3 Å². The van der Waals surface area contributed by atoms with Crippen LogP contribution in [0.3, 0.4) is 0 Å². The number of aliphatic carboxylic acids is 1. The zero-order valence-electron chi connectivity index (χ0n) is 19.6. The third-order valence-electron chi connectivity index (χ3n) is 6.05. The molecular weight excluding hydrogens is 485 g/mol. The molecule has 0 saturated heterocycles. The third kappa shape index (κ3) is 5.30. The number of allylic oxidation sites excluding steroid dienone is 1. The molecule has 0 bridgehead atoms. The molecule has 2 aliphatic carbocycles. The fourth-order valence-electron chi connectivity index (χ4n) is 3.93. The number of para-hydroxylation sites is 1. The van der Waals surface area contributed by atoms with Crippen molar-refractivity contribution < 1.29 is 23.8 Å². The van der Waals surface area contributed by atoms with Crippen LogP contribution in [0, 0.1) is 5.92 Å². The summed E-state index contributed by atoms with van der Waals surface area (Å²) in [6.45, 7) is 1.51. The fraction of sp³-hybridized carbons (Fsp3) is 0.391. The molecule has 4 atom stereocenters. The molecule has 1 aromatic carbocycles. The minimum atomic E-state index is -2.57. The predicted octanol–water partition coefficient (Wildman–Crippen LogP) is 3.54. The van der Waals surface area contributed by atoms with Crippen LogP contribution in [0.5, 0.6) is 5.75 Å². The van der Waals surface area contributed by atoms with E-state index in [1.807, 2.05) is 16.7 Å². The number of nitrogens with one attached hydrogen (secondary N) is 1. The monoisotopic (exact) mass is 512 g/mol. The van der Waals surface area contributed by atoms with Gasteiger partial charge in [0, 0.05) is 12.0 Å². The summed E-state index contributed by atoms with van der Waals surface area (Å²) in [5.41, 5.74) is 7.27. The molecule has 12 nitrogen and oxygen atoms in total. The van der Waals surface area contributed by atoms with Crippen molar-refractivity contribution in [3.05, 3.63) is 48.8 Å². The predicted molar refractivity (Wildman–Crippen MR) is 132 cm³/mol. The number of nitrogens with two attached hydrogens (primary N) is 1. The molecule has 0 aliphatic heterocycles. The van der Waals surface area contributed by atoms with Crippen LogP contribution in [0.2, 0.25) is 0 Å². The van der Waals surface area contributed by atoms with Gasteiger partial charge in [0.25, 0.3) is 0 Å². The Morgan fingerprint density at radius 1 is 1.31 bits per heavy atom. The average Bonchev–Trinajstić information content (AvgIpc) is 3.38. The third-order valence-corrected chi connectivity index (χ3v) is 7.17. The Morgan fingerprint density at radius 2 is 2.08 bits per heavy atom. The molecule has 3 aromatic rings. The van der Waals surface area contributed by atoms with Gasteiger partial charge < -0.3 is 25.6 Å². The maximum atomic E-state index is 12.9. The summed E-state index contributed by atoms with van der Waals surface area (Å²) in [5.74, 6) is -0.0426. The van der Waals surface area contributed by atoms with Gasteiger partial charge in [-0.25, -0.2) is 4.98 Å². The summed E-state index contributed by atoms with van der Waals surface area (Å²) in [6.07, 6.45) is 8.58. The zero-order chi connectivity index (χ0) is 25.2. The quantitative estimate of drug-likeness (QED) is 0.196. The number of hydrogen-bond donors (Lipinski definition) is 3. The molecule has 5 rings (SSSR count). The lowest BCUT2D eigenvalue weighted by atomic mass is 10.1. The fourth-order valence-corrected chi connectivity index (χ4v) is 4.91. The molecule has 36 heavy (non-hydrogen) atoms. The maximum Gasteiger partial charge on any atom is 0.653 e. The van der Waals surface area contributed by atoms with Crippen LogP contribution in [-0.4, -0.2) is 54.1 Å². The molecule has 188 valence electrons. The summed E-state index contributed by atoms with van der Waals surface area (Å²) in [4.78, 5) is 31.2. The minimum Gasteiger partial charge on any atom is -0.480 e. The van der Waals surface area contributed by atoms with Crippen LogP contribution in [0.4, 0.5) is 11.8 Å². The molecule has 2 heterocycles. The van der Waals surface area contributed by atoms with E-state index in [-0.39, 0.29) is 24.5 Å². The van der Waals surface area contributed by atoms with Gasteiger partial charge in [-0.05, 0) is 42.9 Å². The summed E-state index contributed by atoms with van der Waals surface area (Å²) < 4.78 is 20.4. The van der Waals surface area contributed by atoms with E-state index in [0.717, 1.165) is 17.7 Å². The Bertz CT molecular complexity index is 1300. The van der Waals surface area contributed by atoms with E-state index in [1.165, 1.54) is 6.92 Å². The number of nitrogens with zero attached hydrogens (tertiary/aromatic N) is 5. The second-order valence-electron chi connectivity index (χ2n) is 8.88. The number of carboxylic acid groups (broad SMARTS) is 1. The van der Waals surface area contributed by atoms with E-state index in [9.17, 15) is 14.5 Å². The van der Waals surface area contributed by atoms with Gasteiger partial charge >= 0.3 is 14.1 Å². The van der Waals surface area contributed by atoms with Crippen molar-refractivity contribution in [1.29, 1.82) is 0 Å². The zero-order valence-corrected chi connectivity index (χ0v) is 20.5. The molecule has 2 aliphatic rings. The molecule has 0 spiro atoms. The summed E-state index contributed by atoms with van der Waals surface area (Å²) in [6, 6.07) is 7.74. The molecule has 1 saturated carbocycles. The van der Waals surface area contributed by atoms with E-state index in [2.05, 4.69) is 20.3 Å². The van der Waals surface area contributed by atoms with Crippen LogP contribution in [0.15, 0.2) is 48.8 Å². The number of aromatic nitrogens is 4. The summed E-state index contributed by atoms with van der Waals surface area (Å²) in [5, 5.41) is 12.8. The number of carbonyl (C=O) groups is 1. The SMILES string of the molecule is CC(C(=O)O)N(Oc1ccccc1)[P+](=O)OCC1C=C[C@H](n2cnc3c(NC4CC4)nc(N)nc32)C1. The van der Waals surface area contributed by atoms with Gasteiger partial charge in [0.05, 0.1) is 12.4 Å². The van der Waals surface area contributed by atoms with Gasteiger partial charge in [0.2, 0.25) is 5.95 Å². The van der Waals surface area contributed by atoms with Crippen molar-refractivity contribution in [3.63, 3.8) is 0 Å². The lowest BCUT2D eigenvalue weighted by molar-refractivity contribution is -0.148. The Balaban J connectivity index is 1.23. The topological polar surface area (TPSA) is 158 Å². The highest BCUT2D eigenvalue weighted by molar-refractivity contribution is 7.36. The number of fused-ring (bicyclic) bond motifs is 1. The lowest BCUT2D eigenvalue weighted by Crippen LogP contribution is -2.36. The van der Waals surface area contributed by atoms with Crippen LogP contribution >= 0.6 is 8.18 Å². The van der Waals surface area contributed by atoms with Crippen LogP contribution < -0.4 is 15.9 Å². The summed E-state index contributed by atoms with van der Waals surface area (Å²) in [7, 11) is -2.57. The standard InChI is InChI=1S/C23H26N7O5P/c1-14(22(31)32)30(35-18-5-3-2-4-6-18)36(33)34-12-15-7-10-17(11-15)29-13-25-19-20(26-16-8-9-16)27-23(24)28-21(19)29/h2-7,10,13-17H,8-9,11-12H2,1H3,(H3-,24,26,27,28,31,32)/p+1/t14?,15?,17-/m0/s1. The van der Waals surface area contributed by atoms with Crippen molar-refractivity contribution in [2.75, 3.05) is 17.7 Å². The second-order valence-corrected chi connectivity index (χ2v) is 10.0. The van der Waals surface area contributed by atoms with Crippen molar-refractivity contribution in [2.24, 2.45) is 5.92 Å². The first kappa shape index (κ1) is 24.1. The van der Waals surface area contributed by atoms with E-state index in [0.29, 0.717) is 35.2 Å². The number of hydroxylamine groups is 1. The molecule has 0 amide bonds.